The Kier molecular flexibility index (Phi) is 7.54. The van der Waals surface area contributed by atoms with Gasteiger partial charge in [-0.05, 0) is 43.2 Å². The van der Waals surface area contributed by atoms with Gasteiger partial charge >= 0.3 is 6.03 Å². The van der Waals surface area contributed by atoms with Gasteiger partial charge in [-0.15, -0.1) is 0 Å². The summed E-state index contributed by atoms with van der Waals surface area (Å²) in [4.78, 5) is 23.6. The second kappa shape index (κ2) is 10.1. The van der Waals surface area contributed by atoms with Crippen LogP contribution in [0.4, 0.5) is 4.79 Å². The van der Waals surface area contributed by atoms with Crippen molar-refractivity contribution < 1.29 is 18.7 Å². The topological polar surface area (TPSA) is 92.6 Å². The minimum absolute atomic E-state index is 0.0255. The van der Waals surface area contributed by atoms with Gasteiger partial charge in [-0.1, -0.05) is 12.1 Å². The number of benzene rings is 1. The molecule has 0 aliphatic carbocycles. The number of rotatable bonds is 9. The average Bonchev–Trinajstić information content (AvgIpc) is 3.17. The first-order chi connectivity index (χ1) is 12.6. The van der Waals surface area contributed by atoms with Crippen molar-refractivity contribution in [2.45, 2.75) is 32.4 Å². The third kappa shape index (κ3) is 6.88. The predicted molar refractivity (Wildman–Crippen MR) is 97.9 cm³/mol. The summed E-state index contributed by atoms with van der Waals surface area (Å²) in [6, 6.07) is 10.8. The molecule has 0 aliphatic rings. The molecule has 2 aromatic rings. The van der Waals surface area contributed by atoms with Crippen LogP contribution in [-0.4, -0.2) is 31.6 Å². The molecular formula is C19H25N3O4. The van der Waals surface area contributed by atoms with Crippen molar-refractivity contribution in [2.24, 2.45) is 0 Å². The maximum Gasteiger partial charge on any atom is 0.315 e. The van der Waals surface area contributed by atoms with Gasteiger partial charge in [-0.3, -0.25) is 4.79 Å². The van der Waals surface area contributed by atoms with Crippen LogP contribution in [0.1, 0.15) is 24.7 Å². The van der Waals surface area contributed by atoms with Crippen LogP contribution >= 0.6 is 0 Å². The lowest BCUT2D eigenvalue weighted by Crippen LogP contribution is -2.44. The highest BCUT2D eigenvalue weighted by Gasteiger charge is 2.09. The molecule has 1 aromatic carbocycles. The molecular weight excluding hydrogens is 334 g/mol. The summed E-state index contributed by atoms with van der Waals surface area (Å²) < 4.78 is 10.3. The molecule has 3 amide bonds. The number of nitrogens with one attached hydrogen (secondary N) is 3. The van der Waals surface area contributed by atoms with Crippen LogP contribution < -0.4 is 20.7 Å². The number of methoxy groups -OCH3 is 1. The minimum atomic E-state index is -0.364. The number of urea groups is 1. The van der Waals surface area contributed by atoms with Crippen molar-refractivity contribution in [1.82, 2.24) is 16.0 Å². The summed E-state index contributed by atoms with van der Waals surface area (Å²) in [5, 5.41) is 8.11. The van der Waals surface area contributed by atoms with E-state index in [1.807, 2.05) is 43.3 Å². The zero-order valence-corrected chi connectivity index (χ0v) is 15.1. The number of furan rings is 1. The zero-order chi connectivity index (χ0) is 18.8. The van der Waals surface area contributed by atoms with E-state index in [1.54, 1.807) is 13.4 Å². The molecule has 0 spiro atoms. The molecule has 0 bridgehead atoms. The predicted octanol–water partition coefficient (Wildman–Crippen LogP) is 2.22. The molecule has 0 aliphatic heterocycles. The normalized spacial score (nSPS) is 11.5. The second-order valence-electron chi connectivity index (χ2n) is 5.97. The fourth-order valence-corrected chi connectivity index (χ4v) is 2.33. The van der Waals surface area contributed by atoms with Gasteiger partial charge in [0.1, 0.15) is 11.5 Å². The van der Waals surface area contributed by atoms with Gasteiger partial charge in [-0.2, -0.15) is 0 Å². The van der Waals surface area contributed by atoms with E-state index in [9.17, 15) is 9.59 Å². The Bertz CT molecular complexity index is 683. The van der Waals surface area contributed by atoms with Crippen LogP contribution in [0, 0.1) is 0 Å². The Balaban J connectivity index is 1.60. The van der Waals surface area contributed by atoms with E-state index in [0.717, 1.165) is 29.9 Å². The molecule has 0 radical (unpaired) electrons. The quantitative estimate of drug-likeness (QED) is 0.640. The maximum atomic E-state index is 11.8. The molecule has 7 heteroatoms. The Hall–Kier alpha value is -2.96. The van der Waals surface area contributed by atoms with Gasteiger partial charge in [0.2, 0.25) is 5.91 Å². The fraction of sp³-hybridized carbons (Fsp3) is 0.368. The van der Waals surface area contributed by atoms with E-state index >= 15 is 0 Å². The van der Waals surface area contributed by atoms with Crippen LogP contribution in [0.3, 0.4) is 0 Å². The molecule has 1 atom stereocenters. The molecule has 3 N–H and O–H groups in total. The number of ether oxygens (including phenoxy) is 1. The maximum absolute atomic E-state index is 11.8. The molecule has 26 heavy (non-hydrogen) atoms. The van der Waals surface area contributed by atoms with Crippen LogP contribution in [0.15, 0.2) is 47.1 Å². The number of carbonyl (C=O) groups is 2. The minimum Gasteiger partial charge on any atom is -0.497 e. The van der Waals surface area contributed by atoms with E-state index in [1.165, 1.54) is 0 Å². The zero-order valence-electron chi connectivity index (χ0n) is 15.1. The summed E-state index contributed by atoms with van der Waals surface area (Å²) >= 11 is 0. The van der Waals surface area contributed by atoms with E-state index in [0.29, 0.717) is 6.54 Å². The highest BCUT2D eigenvalue weighted by Crippen LogP contribution is 2.10. The first-order valence-corrected chi connectivity index (χ1v) is 8.53. The molecule has 1 heterocycles. The van der Waals surface area contributed by atoms with Crippen molar-refractivity contribution >= 4 is 11.9 Å². The lowest BCUT2D eigenvalue weighted by molar-refractivity contribution is -0.120. The number of amides is 3. The smallest absolute Gasteiger partial charge is 0.315 e. The lowest BCUT2D eigenvalue weighted by atomic mass is 10.1. The molecule has 0 fully saturated rings. The first kappa shape index (κ1) is 19.4. The van der Waals surface area contributed by atoms with E-state index < -0.39 is 0 Å². The molecule has 0 saturated carbocycles. The van der Waals surface area contributed by atoms with Crippen LogP contribution in [0.5, 0.6) is 5.75 Å². The van der Waals surface area contributed by atoms with E-state index in [4.69, 9.17) is 9.15 Å². The van der Waals surface area contributed by atoms with Gasteiger partial charge in [0.15, 0.2) is 0 Å². The number of aryl methyl sites for hydroxylation is 1. The van der Waals surface area contributed by atoms with Crippen molar-refractivity contribution in [3.63, 3.8) is 0 Å². The van der Waals surface area contributed by atoms with Crippen molar-refractivity contribution in [3.8, 4) is 5.75 Å². The Labute approximate surface area is 153 Å². The molecule has 140 valence electrons. The molecule has 1 unspecified atom stereocenters. The first-order valence-electron chi connectivity index (χ1n) is 8.53. The van der Waals surface area contributed by atoms with Gasteiger partial charge in [0, 0.05) is 19.0 Å². The lowest BCUT2D eigenvalue weighted by Gasteiger charge is -2.14. The standard InChI is InChI=1S/C19H25N3O4/c1-14(5-8-17-4-3-11-26-17)22-19(24)21-13-18(23)20-12-15-6-9-16(25-2)10-7-15/h3-4,6-7,9-11,14H,5,8,12-13H2,1-2H3,(H,20,23)(H2,21,22,24). The molecule has 1 aromatic heterocycles. The van der Waals surface area contributed by atoms with E-state index in [-0.39, 0.29) is 24.5 Å². The van der Waals surface area contributed by atoms with Gasteiger partial charge in [-0.25, -0.2) is 4.79 Å². The molecule has 2 rings (SSSR count). The number of hydrogen-bond acceptors (Lipinski definition) is 4. The Morgan fingerprint density at radius 2 is 1.92 bits per heavy atom. The summed E-state index contributed by atoms with van der Waals surface area (Å²) in [5.41, 5.74) is 0.954. The third-order valence-corrected chi connectivity index (χ3v) is 3.84. The van der Waals surface area contributed by atoms with Crippen LogP contribution in [-0.2, 0) is 17.8 Å². The highest BCUT2D eigenvalue weighted by atomic mass is 16.5. The summed E-state index contributed by atoms with van der Waals surface area (Å²) in [7, 11) is 1.60. The van der Waals surface area contributed by atoms with Crippen LogP contribution in [0.2, 0.25) is 0 Å². The monoisotopic (exact) mass is 359 g/mol. The second-order valence-corrected chi connectivity index (χ2v) is 5.97. The van der Waals surface area contributed by atoms with Gasteiger partial charge < -0.3 is 25.1 Å². The Morgan fingerprint density at radius 3 is 2.58 bits per heavy atom. The molecule has 7 nitrogen and oxygen atoms in total. The summed E-state index contributed by atoms with van der Waals surface area (Å²) in [5.74, 6) is 1.40. The summed E-state index contributed by atoms with van der Waals surface area (Å²) in [6.45, 7) is 2.23. The highest BCUT2D eigenvalue weighted by molar-refractivity contribution is 5.83. The molecule has 0 saturated heterocycles. The number of hydrogen-bond donors (Lipinski definition) is 3. The third-order valence-electron chi connectivity index (χ3n) is 3.84. The van der Waals surface area contributed by atoms with Crippen molar-refractivity contribution in [2.75, 3.05) is 13.7 Å². The van der Waals surface area contributed by atoms with Crippen molar-refractivity contribution in [1.29, 1.82) is 0 Å². The van der Waals surface area contributed by atoms with Gasteiger partial charge in [0.25, 0.3) is 0 Å². The average molecular weight is 359 g/mol. The van der Waals surface area contributed by atoms with E-state index in [2.05, 4.69) is 16.0 Å². The number of carbonyl (C=O) groups excluding carboxylic acids is 2. The van der Waals surface area contributed by atoms with Crippen LogP contribution in [0.25, 0.3) is 0 Å². The summed E-state index contributed by atoms with van der Waals surface area (Å²) in [6.07, 6.45) is 3.13. The van der Waals surface area contributed by atoms with Gasteiger partial charge in [0.05, 0.1) is 19.9 Å². The van der Waals surface area contributed by atoms with Crippen molar-refractivity contribution in [3.05, 3.63) is 54.0 Å². The largest absolute Gasteiger partial charge is 0.497 e. The fourth-order valence-electron chi connectivity index (χ4n) is 2.33. The SMILES string of the molecule is COc1ccc(CNC(=O)CNC(=O)NC(C)CCc2ccco2)cc1. The Morgan fingerprint density at radius 1 is 1.15 bits per heavy atom.